The number of amides is 1. The summed E-state index contributed by atoms with van der Waals surface area (Å²) < 4.78 is 14.0. The monoisotopic (exact) mass is 307 g/mol. The first-order valence-corrected chi connectivity index (χ1v) is 7.50. The fraction of sp³-hybridized carbons (Fsp3) is 0.333. The number of benzene rings is 1. The predicted octanol–water partition coefficient (Wildman–Crippen LogP) is 2.21. The Kier molecular flexibility index (Phi) is 5.41. The van der Waals surface area contributed by atoms with Crippen molar-refractivity contribution in [3.63, 3.8) is 0 Å². The van der Waals surface area contributed by atoms with Crippen LogP contribution in [0, 0.1) is 5.82 Å². The molecule has 1 heterocycles. The second-order valence-electron chi connectivity index (χ2n) is 4.93. The van der Waals surface area contributed by atoms with Crippen molar-refractivity contribution < 1.29 is 9.18 Å². The number of carbonyl (C=O) groups is 1. The summed E-state index contributed by atoms with van der Waals surface area (Å²) >= 11 is 1.53. The van der Waals surface area contributed by atoms with E-state index in [2.05, 4.69) is 10.3 Å². The zero-order chi connectivity index (χ0) is 15.2. The molecule has 0 aliphatic rings. The van der Waals surface area contributed by atoms with Gasteiger partial charge in [-0.15, -0.1) is 11.3 Å². The number of likely N-dealkylation sites (N-methyl/N-ethyl adjacent to an activating group) is 1. The number of fused-ring (bicyclic) bond motifs is 1. The average Bonchev–Trinajstić information content (AvgIpc) is 2.80. The Bertz CT molecular complexity index is 651. The predicted molar refractivity (Wildman–Crippen MR) is 84.0 cm³/mol. The van der Waals surface area contributed by atoms with Gasteiger partial charge in [-0.1, -0.05) is 6.08 Å². The molecule has 1 aromatic heterocycles. The molecule has 112 valence electrons. The van der Waals surface area contributed by atoms with Crippen LogP contribution in [0.15, 0.2) is 30.4 Å². The van der Waals surface area contributed by atoms with Crippen LogP contribution in [0.25, 0.3) is 10.2 Å². The summed E-state index contributed by atoms with van der Waals surface area (Å²) in [5, 5.41) is 3.71. The maximum atomic E-state index is 13.1. The molecule has 0 spiro atoms. The molecule has 2 rings (SSSR count). The van der Waals surface area contributed by atoms with E-state index < -0.39 is 0 Å². The summed E-state index contributed by atoms with van der Waals surface area (Å²) in [5.41, 5.74) is 0.673. The fourth-order valence-electron chi connectivity index (χ4n) is 1.78. The van der Waals surface area contributed by atoms with E-state index in [0.717, 1.165) is 16.3 Å². The smallest absolute Gasteiger partial charge is 0.243 e. The molecule has 0 radical (unpaired) electrons. The normalized spacial score (nSPS) is 11.6. The van der Waals surface area contributed by atoms with Crippen molar-refractivity contribution >= 4 is 27.5 Å². The highest BCUT2D eigenvalue weighted by Gasteiger charge is 2.05. The SMILES string of the molecule is CN(C)C/C=C/C(=O)NCCc1nc2cc(F)ccc2s1. The van der Waals surface area contributed by atoms with Crippen molar-refractivity contribution in [1.82, 2.24) is 15.2 Å². The van der Waals surface area contributed by atoms with Gasteiger partial charge < -0.3 is 10.2 Å². The molecule has 1 amide bonds. The topological polar surface area (TPSA) is 45.2 Å². The Morgan fingerprint density at radius 1 is 1.48 bits per heavy atom. The number of hydrogen-bond acceptors (Lipinski definition) is 4. The molecular formula is C15H18FN3OS. The van der Waals surface area contributed by atoms with Gasteiger partial charge >= 0.3 is 0 Å². The molecule has 0 atom stereocenters. The number of nitrogens with one attached hydrogen (secondary N) is 1. The van der Waals surface area contributed by atoms with Gasteiger partial charge in [-0.05, 0) is 26.2 Å². The quantitative estimate of drug-likeness (QED) is 0.832. The summed E-state index contributed by atoms with van der Waals surface area (Å²) in [6.07, 6.45) is 4.00. The first-order chi connectivity index (χ1) is 10.0. The molecule has 1 aromatic carbocycles. The van der Waals surface area contributed by atoms with Gasteiger partial charge in [-0.2, -0.15) is 0 Å². The van der Waals surface area contributed by atoms with Crippen LogP contribution in [0.1, 0.15) is 5.01 Å². The summed E-state index contributed by atoms with van der Waals surface area (Å²) in [6.45, 7) is 1.25. The number of carbonyl (C=O) groups excluding carboxylic acids is 1. The molecule has 0 aliphatic carbocycles. The van der Waals surface area contributed by atoms with Crippen molar-refractivity contribution in [2.75, 3.05) is 27.2 Å². The number of rotatable bonds is 6. The maximum absolute atomic E-state index is 13.1. The second kappa shape index (κ2) is 7.28. The summed E-state index contributed by atoms with van der Waals surface area (Å²) in [6, 6.07) is 4.59. The largest absolute Gasteiger partial charge is 0.352 e. The highest BCUT2D eigenvalue weighted by atomic mass is 32.1. The molecule has 0 aliphatic heterocycles. The molecule has 21 heavy (non-hydrogen) atoms. The Morgan fingerprint density at radius 2 is 2.29 bits per heavy atom. The summed E-state index contributed by atoms with van der Waals surface area (Å²) in [7, 11) is 3.89. The van der Waals surface area contributed by atoms with Crippen molar-refractivity contribution in [3.8, 4) is 0 Å². The fourth-order valence-corrected chi connectivity index (χ4v) is 2.72. The molecular weight excluding hydrogens is 289 g/mol. The number of aromatic nitrogens is 1. The van der Waals surface area contributed by atoms with E-state index >= 15 is 0 Å². The highest BCUT2D eigenvalue weighted by molar-refractivity contribution is 7.18. The lowest BCUT2D eigenvalue weighted by Gasteiger charge is -2.03. The molecule has 6 heteroatoms. The Morgan fingerprint density at radius 3 is 3.05 bits per heavy atom. The van der Waals surface area contributed by atoms with E-state index in [4.69, 9.17) is 0 Å². The standard InChI is InChI=1S/C15H18FN3OS/c1-19(2)9-3-4-14(20)17-8-7-15-18-12-10-11(16)5-6-13(12)21-15/h3-6,10H,7-9H2,1-2H3,(H,17,20)/b4-3+. The molecule has 1 N–H and O–H groups in total. The lowest BCUT2D eigenvalue weighted by atomic mass is 10.3. The van der Waals surface area contributed by atoms with Gasteiger partial charge in [0.1, 0.15) is 5.82 Å². The van der Waals surface area contributed by atoms with Gasteiger partial charge in [-0.25, -0.2) is 9.37 Å². The van der Waals surface area contributed by atoms with Gasteiger partial charge in [0.25, 0.3) is 0 Å². The highest BCUT2D eigenvalue weighted by Crippen LogP contribution is 2.22. The Labute approximate surface area is 127 Å². The zero-order valence-electron chi connectivity index (χ0n) is 12.1. The summed E-state index contributed by atoms with van der Waals surface area (Å²) in [4.78, 5) is 17.9. The van der Waals surface area contributed by atoms with Crippen molar-refractivity contribution in [1.29, 1.82) is 0 Å². The van der Waals surface area contributed by atoms with Crippen LogP contribution in [0.4, 0.5) is 4.39 Å². The van der Waals surface area contributed by atoms with Gasteiger partial charge in [0.2, 0.25) is 5.91 Å². The van der Waals surface area contributed by atoms with Crippen LogP contribution in [-0.2, 0) is 11.2 Å². The van der Waals surface area contributed by atoms with Crippen molar-refractivity contribution in [2.24, 2.45) is 0 Å². The first kappa shape index (κ1) is 15.6. The number of hydrogen-bond donors (Lipinski definition) is 1. The Hall–Kier alpha value is -1.79. The lowest BCUT2D eigenvalue weighted by Crippen LogP contribution is -2.24. The molecule has 0 saturated carbocycles. The van der Waals surface area contributed by atoms with Crippen LogP contribution in [0.2, 0.25) is 0 Å². The number of thiazole rings is 1. The van der Waals surface area contributed by atoms with Crippen LogP contribution in [0.3, 0.4) is 0 Å². The van der Waals surface area contributed by atoms with E-state index in [1.807, 2.05) is 25.1 Å². The van der Waals surface area contributed by atoms with Crippen molar-refractivity contribution in [3.05, 3.63) is 41.2 Å². The van der Waals surface area contributed by atoms with E-state index in [0.29, 0.717) is 18.5 Å². The minimum Gasteiger partial charge on any atom is -0.352 e. The minimum atomic E-state index is -0.279. The van der Waals surface area contributed by atoms with E-state index in [9.17, 15) is 9.18 Å². The number of nitrogens with zero attached hydrogens (tertiary/aromatic N) is 2. The third-order valence-corrected chi connectivity index (χ3v) is 3.87. The van der Waals surface area contributed by atoms with E-state index in [1.54, 1.807) is 6.07 Å². The second-order valence-corrected chi connectivity index (χ2v) is 6.04. The van der Waals surface area contributed by atoms with Crippen LogP contribution in [-0.4, -0.2) is 43.0 Å². The molecule has 2 aromatic rings. The van der Waals surface area contributed by atoms with E-state index in [-0.39, 0.29) is 11.7 Å². The van der Waals surface area contributed by atoms with Crippen LogP contribution < -0.4 is 5.32 Å². The van der Waals surface area contributed by atoms with Gasteiger partial charge in [0.05, 0.1) is 15.2 Å². The van der Waals surface area contributed by atoms with Crippen LogP contribution in [0.5, 0.6) is 0 Å². The average molecular weight is 307 g/mol. The van der Waals surface area contributed by atoms with Crippen LogP contribution >= 0.6 is 11.3 Å². The van der Waals surface area contributed by atoms with Gasteiger partial charge in [0, 0.05) is 31.7 Å². The number of halogens is 1. The molecule has 0 fully saturated rings. The van der Waals surface area contributed by atoms with Gasteiger partial charge in [0.15, 0.2) is 0 Å². The lowest BCUT2D eigenvalue weighted by molar-refractivity contribution is -0.116. The third kappa shape index (κ3) is 4.91. The Balaban J connectivity index is 1.82. The summed E-state index contributed by atoms with van der Waals surface area (Å²) in [5.74, 6) is -0.386. The third-order valence-electron chi connectivity index (χ3n) is 2.77. The first-order valence-electron chi connectivity index (χ1n) is 6.68. The molecule has 0 saturated heterocycles. The van der Waals surface area contributed by atoms with E-state index in [1.165, 1.54) is 29.5 Å². The van der Waals surface area contributed by atoms with Gasteiger partial charge in [-0.3, -0.25) is 4.79 Å². The maximum Gasteiger partial charge on any atom is 0.243 e. The molecule has 0 bridgehead atoms. The molecule has 4 nitrogen and oxygen atoms in total. The van der Waals surface area contributed by atoms with Crippen molar-refractivity contribution in [2.45, 2.75) is 6.42 Å². The minimum absolute atomic E-state index is 0.107. The molecule has 0 unspecified atom stereocenters. The zero-order valence-corrected chi connectivity index (χ0v) is 12.9.